The first kappa shape index (κ1) is 9.86. The van der Waals surface area contributed by atoms with E-state index in [0.29, 0.717) is 12.1 Å². The Balaban J connectivity index is 2.40. The number of hydrogen-bond donors (Lipinski definition) is 1. The van der Waals surface area contributed by atoms with E-state index in [1.807, 2.05) is 0 Å². The second-order valence-electron chi connectivity index (χ2n) is 3.26. The minimum atomic E-state index is -0.247. The van der Waals surface area contributed by atoms with Crippen molar-refractivity contribution in [3.8, 4) is 0 Å². The van der Waals surface area contributed by atoms with E-state index in [2.05, 4.69) is 5.10 Å². The molecule has 2 N–H and O–H groups in total. The summed E-state index contributed by atoms with van der Waals surface area (Å²) in [5, 5.41) is 4.07. The normalized spacial score (nSPS) is 12.7. The van der Waals surface area contributed by atoms with Gasteiger partial charge in [-0.3, -0.25) is 4.68 Å². The molecule has 0 aliphatic rings. The Labute approximate surface area is 87.3 Å². The van der Waals surface area contributed by atoms with Gasteiger partial charge in [-0.25, -0.2) is 4.39 Å². The van der Waals surface area contributed by atoms with Crippen molar-refractivity contribution in [2.45, 2.75) is 6.04 Å². The van der Waals surface area contributed by atoms with Crippen molar-refractivity contribution in [3.63, 3.8) is 0 Å². The van der Waals surface area contributed by atoms with E-state index in [0.717, 1.165) is 0 Å². The number of halogens is 1. The van der Waals surface area contributed by atoms with Gasteiger partial charge in [-0.1, -0.05) is 18.2 Å². The molecule has 4 heteroatoms. The molecule has 78 valence electrons. The van der Waals surface area contributed by atoms with Gasteiger partial charge in [-0.05, 0) is 12.1 Å². The Kier molecular flexibility index (Phi) is 2.78. The summed E-state index contributed by atoms with van der Waals surface area (Å²) in [6, 6.07) is 8.18. The van der Waals surface area contributed by atoms with Crippen LogP contribution in [-0.2, 0) is 0 Å². The number of benzene rings is 1. The van der Waals surface area contributed by atoms with Crippen molar-refractivity contribution in [1.29, 1.82) is 0 Å². The van der Waals surface area contributed by atoms with Crippen molar-refractivity contribution in [2.75, 3.05) is 6.54 Å². The Morgan fingerprint density at radius 1 is 1.33 bits per heavy atom. The maximum Gasteiger partial charge on any atom is 0.128 e. The van der Waals surface area contributed by atoms with Gasteiger partial charge in [0, 0.05) is 24.5 Å². The molecule has 0 radical (unpaired) electrons. The van der Waals surface area contributed by atoms with Crippen LogP contribution in [-0.4, -0.2) is 16.3 Å². The summed E-state index contributed by atoms with van der Waals surface area (Å²) >= 11 is 0. The second-order valence-corrected chi connectivity index (χ2v) is 3.26. The van der Waals surface area contributed by atoms with Gasteiger partial charge in [0.25, 0.3) is 0 Å². The summed E-state index contributed by atoms with van der Waals surface area (Å²) in [5.41, 5.74) is 6.21. The molecule has 3 nitrogen and oxygen atoms in total. The van der Waals surface area contributed by atoms with Crippen molar-refractivity contribution >= 4 is 0 Å². The Hall–Kier alpha value is -1.68. The predicted molar refractivity (Wildman–Crippen MR) is 55.8 cm³/mol. The first-order chi connectivity index (χ1) is 7.33. The lowest BCUT2D eigenvalue weighted by Gasteiger charge is -2.16. The van der Waals surface area contributed by atoms with Crippen LogP contribution in [0.5, 0.6) is 0 Å². The first-order valence-corrected chi connectivity index (χ1v) is 4.76. The third-order valence-electron chi connectivity index (χ3n) is 2.33. The molecule has 15 heavy (non-hydrogen) atoms. The molecule has 0 fully saturated rings. The van der Waals surface area contributed by atoms with Gasteiger partial charge < -0.3 is 5.73 Å². The molecule has 0 amide bonds. The Bertz CT molecular complexity index is 425. The summed E-state index contributed by atoms with van der Waals surface area (Å²) in [6.45, 7) is 0.322. The summed E-state index contributed by atoms with van der Waals surface area (Å²) < 4.78 is 15.2. The van der Waals surface area contributed by atoms with Gasteiger partial charge in [0.1, 0.15) is 5.82 Å². The van der Waals surface area contributed by atoms with Crippen LogP contribution in [0.2, 0.25) is 0 Å². The number of nitrogens with two attached hydrogens (primary N) is 1. The highest BCUT2D eigenvalue weighted by Crippen LogP contribution is 2.19. The van der Waals surface area contributed by atoms with Crippen LogP contribution in [0.25, 0.3) is 0 Å². The van der Waals surface area contributed by atoms with Gasteiger partial charge in [0.15, 0.2) is 0 Å². The molecule has 0 bridgehead atoms. The monoisotopic (exact) mass is 205 g/mol. The van der Waals surface area contributed by atoms with E-state index in [1.54, 1.807) is 41.3 Å². The Morgan fingerprint density at radius 3 is 2.73 bits per heavy atom. The number of rotatable bonds is 3. The molecule has 1 aromatic heterocycles. The van der Waals surface area contributed by atoms with Crippen LogP contribution in [0.4, 0.5) is 4.39 Å². The molecule has 0 aliphatic heterocycles. The maximum absolute atomic E-state index is 13.5. The van der Waals surface area contributed by atoms with Crippen molar-refractivity contribution in [2.24, 2.45) is 5.73 Å². The molecule has 0 saturated carbocycles. The minimum Gasteiger partial charge on any atom is -0.328 e. The van der Waals surface area contributed by atoms with Crippen LogP contribution in [0.15, 0.2) is 42.7 Å². The van der Waals surface area contributed by atoms with Crippen LogP contribution in [0, 0.1) is 5.82 Å². The summed E-state index contributed by atoms with van der Waals surface area (Å²) in [7, 11) is 0. The smallest absolute Gasteiger partial charge is 0.128 e. The van der Waals surface area contributed by atoms with Crippen molar-refractivity contribution in [1.82, 2.24) is 9.78 Å². The summed E-state index contributed by atoms with van der Waals surface area (Å²) in [6.07, 6.45) is 3.44. The Morgan fingerprint density at radius 2 is 2.13 bits per heavy atom. The lowest BCUT2D eigenvalue weighted by Crippen LogP contribution is -2.21. The fourth-order valence-electron chi connectivity index (χ4n) is 1.59. The SMILES string of the molecule is NCC(c1ccccc1F)n1cccn1. The third kappa shape index (κ3) is 1.89. The quantitative estimate of drug-likeness (QED) is 0.826. The standard InChI is InChI=1S/C11H12FN3/c12-10-5-2-1-4-9(10)11(8-13)15-7-3-6-14-15/h1-7,11H,8,13H2. The lowest BCUT2D eigenvalue weighted by atomic mass is 10.1. The average molecular weight is 205 g/mol. The van der Waals surface area contributed by atoms with Crippen molar-refractivity contribution < 1.29 is 4.39 Å². The van der Waals surface area contributed by atoms with Crippen molar-refractivity contribution in [3.05, 3.63) is 54.1 Å². The van der Waals surface area contributed by atoms with Crippen LogP contribution in [0.3, 0.4) is 0 Å². The third-order valence-corrected chi connectivity index (χ3v) is 2.33. The van der Waals surface area contributed by atoms with E-state index < -0.39 is 0 Å². The van der Waals surface area contributed by atoms with E-state index in [1.165, 1.54) is 6.07 Å². The van der Waals surface area contributed by atoms with E-state index in [9.17, 15) is 4.39 Å². The topological polar surface area (TPSA) is 43.8 Å². The fourth-order valence-corrected chi connectivity index (χ4v) is 1.59. The minimum absolute atomic E-state index is 0.235. The molecule has 0 saturated heterocycles. The van der Waals surface area contributed by atoms with Gasteiger partial charge in [0.05, 0.1) is 6.04 Å². The summed E-state index contributed by atoms with van der Waals surface area (Å²) in [4.78, 5) is 0. The zero-order valence-corrected chi connectivity index (χ0v) is 8.18. The molecule has 2 aromatic rings. The highest BCUT2D eigenvalue weighted by Gasteiger charge is 2.15. The maximum atomic E-state index is 13.5. The van der Waals surface area contributed by atoms with Crippen LogP contribution in [0.1, 0.15) is 11.6 Å². The van der Waals surface area contributed by atoms with E-state index >= 15 is 0 Å². The van der Waals surface area contributed by atoms with Gasteiger partial charge >= 0.3 is 0 Å². The summed E-state index contributed by atoms with van der Waals surface area (Å²) in [5.74, 6) is -0.247. The highest BCUT2D eigenvalue weighted by molar-refractivity contribution is 5.22. The number of aromatic nitrogens is 2. The van der Waals surface area contributed by atoms with Crippen LogP contribution < -0.4 is 5.73 Å². The van der Waals surface area contributed by atoms with Gasteiger partial charge in [0.2, 0.25) is 0 Å². The number of nitrogens with zero attached hydrogens (tertiary/aromatic N) is 2. The first-order valence-electron chi connectivity index (χ1n) is 4.76. The molecule has 1 unspecified atom stereocenters. The lowest BCUT2D eigenvalue weighted by molar-refractivity contribution is 0.498. The average Bonchev–Trinajstić information content (AvgIpc) is 2.75. The predicted octanol–water partition coefficient (Wildman–Crippen LogP) is 1.57. The molecular formula is C11H12FN3. The van der Waals surface area contributed by atoms with E-state index in [-0.39, 0.29) is 11.9 Å². The molecule has 0 spiro atoms. The van der Waals surface area contributed by atoms with Gasteiger partial charge in [-0.15, -0.1) is 0 Å². The molecular weight excluding hydrogens is 193 g/mol. The molecule has 0 aliphatic carbocycles. The van der Waals surface area contributed by atoms with E-state index in [4.69, 9.17) is 5.73 Å². The molecule has 1 atom stereocenters. The van der Waals surface area contributed by atoms with Gasteiger partial charge in [-0.2, -0.15) is 5.10 Å². The second kappa shape index (κ2) is 4.23. The fraction of sp³-hybridized carbons (Fsp3) is 0.182. The number of hydrogen-bond acceptors (Lipinski definition) is 2. The largest absolute Gasteiger partial charge is 0.328 e. The molecule has 1 heterocycles. The zero-order chi connectivity index (χ0) is 10.7. The molecule has 1 aromatic carbocycles. The zero-order valence-electron chi connectivity index (χ0n) is 8.18. The van der Waals surface area contributed by atoms with Crippen LogP contribution >= 0.6 is 0 Å². The highest BCUT2D eigenvalue weighted by atomic mass is 19.1. The molecule has 2 rings (SSSR count).